The van der Waals surface area contributed by atoms with Crippen LogP contribution in [0, 0.1) is 5.92 Å². The van der Waals surface area contributed by atoms with Crippen molar-refractivity contribution in [3.63, 3.8) is 0 Å². The van der Waals surface area contributed by atoms with Crippen molar-refractivity contribution in [2.75, 3.05) is 0 Å². The lowest BCUT2D eigenvalue weighted by atomic mass is 9.83. The van der Waals surface area contributed by atoms with Gasteiger partial charge in [-0.15, -0.1) is 0 Å². The second-order valence-corrected chi connectivity index (χ2v) is 5.79. The highest BCUT2D eigenvalue weighted by Gasteiger charge is 2.23. The predicted molar refractivity (Wildman–Crippen MR) is 80.6 cm³/mol. The van der Waals surface area contributed by atoms with Gasteiger partial charge in [0.2, 0.25) is 5.91 Å². The van der Waals surface area contributed by atoms with Gasteiger partial charge in [-0.2, -0.15) is 0 Å². The lowest BCUT2D eigenvalue weighted by Crippen LogP contribution is -2.41. The number of hydrogen-bond donors (Lipinski definition) is 2. The van der Waals surface area contributed by atoms with Gasteiger partial charge in [0.05, 0.1) is 6.42 Å². The van der Waals surface area contributed by atoms with E-state index in [-0.39, 0.29) is 24.1 Å². The Labute approximate surface area is 121 Å². The van der Waals surface area contributed by atoms with Gasteiger partial charge in [-0.25, -0.2) is 0 Å². The summed E-state index contributed by atoms with van der Waals surface area (Å²) in [4.78, 5) is 12.2. The topological polar surface area (TPSA) is 49.3 Å². The van der Waals surface area contributed by atoms with Crippen molar-refractivity contribution in [3.05, 3.63) is 29.8 Å². The quantitative estimate of drug-likeness (QED) is 0.865. The number of rotatable bonds is 5. The summed E-state index contributed by atoms with van der Waals surface area (Å²) in [5, 5.41) is 12.9. The second-order valence-electron chi connectivity index (χ2n) is 5.79. The van der Waals surface area contributed by atoms with Crippen LogP contribution in [0.15, 0.2) is 24.3 Å². The van der Waals surface area contributed by atoms with E-state index in [2.05, 4.69) is 12.2 Å². The third-order valence-electron chi connectivity index (χ3n) is 4.35. The minimum Gasteiger partial charge on any atom is -0.508 e. The molecule has 1 aliphatic carbocycles. The summed E-state index contributed by atoms with van der Waals surface area (Å²) < 4.78 is 0. The highest BCUT2D eigenvalue weighted by molar-refractivity contribution is 5.79. The van der Waals surface area contributed by atoms with Gasteiger partial charge >= 0.3 is 0 Å². The first-order valence-corrected chi connectivity index (χ1v) is 7.77. The number of carbonyl (C=O) groups is 1. The summed E-state index contributed by atoms with van der Waals surface area (Å²) in [6.45, 7) is 2.14. The molecule has 3 nitrogen and oxygen atoms in total. The summed E-state index contributed by atoms with van der Waals surface area (Å²) in [5.41, 5.74) is 0.698. The molecule has 3 heteroatoms. The third-order valence-corrected chi connectivity index (χ3v) is 4.35. The SMILES string of the molecule is CCC(NC(=O)Cc1ccccc1O)C1CCCCC1. The second kappa shape index (κ2) is 7.32. The van der Waals surface area contributed by atoms with Crippen LogP contribution in [0.4, 0.5) is 0 Å². The van der Waals surface area contributed by atoms with Crippen molar-refractivity contribution in [3.8, 4) is 5.75 Å². The van der Waals surface area contributed by atoms with Crippen LogP contribution in [-0.4, -0.2) is 17.1 Å². The smallest absolute Gasteiger partial charge is 0.224 e. The molecule has 0 heterocycles. The average Bonchev–Trinajstić information content (AvgIpc) is 2.48. The van der Waals surface area contributed by atoms with E-state index >= 15 is 0 Å². The van der Waals surface area contributed by atoms with E-state index in [1.54, 1.807) is 18.2 Å². The Morgan fingerprint density at radius 2 is 2.00 bits per heavy atom. The zero-order chi connectivity index (χ0) is 14.4. The van der Waals surface area contributed by atoms with Crippen molar-refractivity contribution in [2.45, 2.75) is 57.9 Å². The van der Waals surface area contributed by atoms with Gasteiger partial charge in [-0.3, -0.25) is 4.79 Å². The molecule has 1 atom stereocenters. The summed E-state index contributed by atoms with van der Waals surface area (Å²) in [7, 11) is 0. The zero-order valence-corrected chi connectivity index (χ0v) is 12.3. The first kappa shape index (κ1) is 14.9. The number of phenols is 1. The Balaban J connectivity index is 1.90. The molecule has 110 valence electrons. The fraction of sp³-hybridized carbons (Fsp3) is 0.588. The number of hydrogen-bond acceptors (Lipinski definition) is 2. The molecule has 0 saturated heterocycles. The van der Waals surface area contributed by atoms with Crippen LogP contribution >= 0.6 is 0 Å². The van der Waals surface area contributed by atoms with E-state index < -0.39 is 0 Å². The molecule has 2 rings (SSSR count). The molecule has 1 unspecified atom stereocenters. The van der Waals surface area contributed by atoms with Crippen LogP contribution in [0.1, 0.15) is 51.0 Å². The third kappa shape index (κ3) is 3.99. The van der Waals surface area contributed by atoms with Crippen molar-refractivity contribution in [1.82, 2.24) is 5.32 Å². The number of para-hydroxylation sites is 1. The fourth-order valence-corrected chi connectivity index (χ4v) is 3.18. The standard InChI is InChI=1S/C17H25NO2/c1-2-15(13-8-4-3-5-9-13)18-17(20)12-14-10-6-7-11-16(14)19/h6-7,10-11,13,15,19H,2-5,8-9,12H2,1H3,(H,18,20). The van der Waals surface area contributed by atoms with Gasteiger partial charge in [0.1, 0.15) is 5.75 Å². The fourth-order valence-electron chi connectivity index (χ4n) is 3.18. The Hall–Kier alpha value is -1.51. The van der Waals surface area contributed by atoms with Gasteiger partial charge in [-0.05, 0) is 31.2 Å². The van der Waals surface area contributed by atoms with E-state index in [0.717, 1.165) is 6.42 Å². The van der Waals surface area contributed by atoms with Crippen LogP contribution in [0.2, 0.25) is 0 Å². The maximum atomic E-state index is 12.2. The Bertz CT molecular complexity index is 438. The molecule has 0 bridgehead atoms. The molecule has 20 heavy (non-hydrogen) atoms. The minimum atomic E-state index is 0.0175. The van der Waals surface area contributed by atoms with E-state index in [4.69, 9.17) is 0 Å². The summed E-state index contributed by atoms with van der Waals surface area (Å²) in [6, 6.07) is 7.33. The van der Waals surface area contributed by atoms with E-state index in [0.29, 0.717) is 11.5 Å². The number of aromatic hydroxyl groups is 1. The van der Waals surface area contributed by atoms with Gasteiger partial charge < -0.3 is 10.4 Å². The van der Waals surface area contributed by atoms with Crippen LogP contribution in [0.5, 0.6) is 5.75 Å². The van der Waals surface area contributed by atoms with E-state index in [9.17, 15) is 9.90 Å². The highest BCUT2D eigenvalue weighted by atomic mass is 16.3. The van der Waals surface area contributed by atoms with Crippen LogP contribution < -0.4 is 5.32 Å². The first-order valence-electron chi connectivity index (χ1n) is 7.77. The average molecular weight is 275 g/mol. The Morgan fingerprint density at radius 1 is 1.30 bits per heavy atom. The van der Waals surface area contributed by atoms with Gasteiger partial charge in [0.25, 0.3) is 0 Å². The lowest BCUT2D eigenvalue weighted by Gasteiger charge is -2.30. The Kier molecular flexibility index (Phi) is 5.45. The zero-order valence-electron chi connectivity index (χ0n) is 12.3. The van der Waals surface area contributed by atoms with E-state index in [1.807, 2.05) is 6.07 Å². The van der Waals surface area contributed by atoms with Crippen molar-refractivity contribution in [2.24, 2.45) is 5.92 Å². The summed E-state index contributed by atoms with van der Waals surface area (Å²) >= 11 is 0. The van der Waals surface area contributed by atoms with Crippen LogP contribution in [-0.2, 0) is 11.2 Å². The molecule has 1 saturated carbocycles. The molecule has 2 N–H and O–H groups in total. The number of amides is 1. The Morgan fingerprint density at radius 3 is 2.65 bits per heavy atom. The molecule has 1 aliphatic rings. The number of carbonyl (C=O) groups excluding carboxylic acids is 1. The number of phenolic OH excluding ortho intramolecular Hbond substituents is 1. The van der Waals surface area contributed by atoms with Gasteiger partial charge in [0.15, 0.2) is 0 Å². The maximum absolute atomic E-state index is 12.2. The normalized spacial score (nSPS) is 17.6. The van der Waals surface area contributed by atoms with Crippen molar-refractivity contribution < 1.29 is 9.90 Å². The maximum Gasteiger partial charge on any atom is 0.224 e. The molecule has 1 aromatic carbocycles. The van der Waals surface area contributed by atoms with Crippen molar-refractivity contribution >= 4 is 5.91 Å². The van der Waals surface area contributed by atoms with E-state index in [1.165, 1.54) is 32.1 Å². The molecular formula is C17H25NO2. The molecule has 1 fully saturated rings. The monoisotopic (exact) mass is 275 g/mol. The number of nitrogens with one attached hydrogen (secondary N) is 1. The molecule has 0 aromatic heterocycles. The van der Waals surface area contributed by atoms with Gasteiger partial charge in [-0.1, -0.05) is 44.4 Å². The first-order chi connectivity index (χ1) is 9.70. The minimum absolute atomic E-state index is 0.0175. The van der Waals surface area contributed by atoms with Crippen molar-refractivity contribution in [1.29, 1.82) is 0 Å². The molecule has 0 aliphatic heterocycles. The predicted octanol–water partition coefficient (Wildman–Crippen LogP) is 3.41. The molecule has 1 amide bonds. The molecular weight excluding hydrogens is 250 g/mol. The lowest BCUT2D eigenvalue weighted by molar-refractivity contribution is -0.121. The van der Waals surface area contributed by atoms with Gasteiger partial charge in [0, 0.05) is 11.6 Å². The molecule has 0 spiro atoms. The largest absolute Gasteiger partial charge is 0.508 e. The molecule has 1 aromatic rings. The van der Waals surface area contributed by atoms with Crippen LogP contribution in [0.25, 0.3) is 0 Å². The summed E-state index contributed by atoms with van der Waals surface area (Å²) in [6.07, 6.45) is 7.61. The molecule has 0 radical (unpaired) electrons. The number of benzene rings is 1. The summed E-state index contributed by atoms with van der Waals surface area (Å²) in [5.74, 6) is 0.847. The van der Waals surface area contributed by atoms with Crippen LogP contribution in [0.3, 0.4) is 0 Å². The highest BCUT2D eigenvalue weighted by Crippen LogP contribution is 2.27.